The van der Waals surface area contributed by atoms with Crippen molar-refractivity contribution in [2.45, 2.75) is 13.0 Å². The summed E-state index contributed by atoms with van der Waals surface area (Å²) in [4.78, 5) is 0. The number of hydrogen-bond donors (Lipinski definition) is 2. The molecule has 2 N–H and O–H groups in total. The first-order chi connectivity index (χ1) is 7.72. The fourth-order valence-electron chi connectivity index (χ4n) is 2.75. The summed E-state index contributed by atoms with van der Waals surface area (Å²) in [6.07, 6.45) is 0. The van der Waals surface area contributed by atoms with Crippen LogP contribution in [0.3, 0.4) is 0 Å². The van der Waals surface area contributed by atoms with Gasteiger partial charge in [-0.15, -0.1) is 0 Å². The molecule has 1 aliphatic heterocycles. The van der Waals surface area contributed by atoms with Crippen molar-refractivity contribution >= 4 is 5.82 Å². The molecule has 1 saturated heterocycles. The second-order valence-corrected chi connectivity index (χ2v) is 4.70. The average Bonchev–Trinajstić information content (AvgIpc) is 2.62. The van der Waals surface area contributed by atoms with E-state index in [9.17, 15) is 0 Å². The molecule has 2 fully saturated rings. The van der Waals surface area contributed by atoms with E-state index < -0.39 is 0 Å². The van der Waals surface area contributed by atoms with E-state index in [2.05, 4.69) is 21.8 Å². The van der Waals surface area contributed by atoms with Crippen molar-refractivity contribution in [1.29, 1.82) is 5.26 Å². The summed E-state index contributed by atoms with van der Waals surface area (Å²) in [5.41, 5.74) is 1.48. The quantitative estimate of drug-likeness (QED) is 0.744. The molecule has 5 heteroatoms. The highest BCUT2D eigenvalue weighted by Crippen LogP contribution is 2.44. The van der Waals surface area contributed by atoms with Gasteiger partial charge in [-0.25, -0.2) is 0 Å². The predicted molar refractivity (Wildman–Crippen MR) is 59.9 cm³/mol. The van der Waals surface area contributed by atoms with Crippen molar-refractivity contribution in [2.75, 3.05) is 18.4 Å². The Morgan fingerprint density at radius 2 is 2.19 bits per heavy atom. The van der Waals surface area contributed by atoms with E-state index in [1.54, 1.807) is 4.68 Å². The molecule has 0 spiro atoms. The molecule has 2 unspecified atom stereocenters. The van der Waals surface area contributed by atoms with Gasteiger partial charge < -0.3 is 10.6 Å². The molecule has 0 bridgehead atoms. The SMILES string of the molecule is Cc1nn(C)c(NC2C3CNCC32)c1C#N. The average molecular weight is 217 g/mol. The van der Waals surface area contributed by atoms with Gasteiger partial charge in [0.2, 0.25) is 0 Å². The van der Waals surface area contributed by atoms with Crippen LogP contribution in [0.15, 0.2) is 0 Å². The van der Waals surface area contributed by atoms with Gasteiger partial charge >= 0.3 is 0 Å². The Hall–Kier alpha value is -1.54. The van der Waals surface area contributed by atoms with Crippen molar-refractivity contribution < 1.29 is 0 Å². The zero-order valence-corrected chi connectivity index (χ0v) is 9.49. The van der Waals surface area contributed by atoms with Gasteiger partial charge in [-0.1, -0.05) is 0 Å². The van der Waals surface area contributed by atoms with Crippen LogP contribution in [0.2, 0.25) is 0 Å². The van der Waals surface area contributed by atoms with Crippen LogP contribution in [-0.4, -0.2) is 28.9 Å². The topological polar surface area (TPSA) is 65.7 Å². The molecule has 16 heavy (non-hydrogen) atoms. The number of anilines is 1. The van der Waals surface area contributed by atoms with Gasteiger partial charge in [-0.3, -0.25) is 4.68 Å². The molecule has 0 radical (unpaired) electrons. The molecule has 1 aliphatic carbocycles. The summed E-state index contributed by atoms with van der Waals surface area (Å²) >= 11 is 0. The summed E-state index contributed by atoms with van der Waals surface area (Å²) in [5, 5.41) is 20.2. The highest BCUT2D eigenvalue weighted by atomic mass is 15.3. The zero-order valence-electron chi connectivity index (χ0n) is 9.49. The maximum Gasteiger partial charge on any atom is 0.142 e. The van der Waals surface area contributed by atoms with Crippen molar-refractivity contribution in [1.82, 2.24) is 15.1 Å². The molecule has 2 aliphatic rings. The third-order valence-corrected chi connectivity index (χ3v) is 3.73. The van der Waals surface area contributed by atoms with Crippen LogP contribution >= 0.6 is 0 Å². The first-order valence-electron chi connectivity index (χ1n) is 5.63. The first-order valence-corrected chi connectivity index (χ1v) is 5.63. The van der Waals surface area contributed by atoms with E-state index in [1.807, 2.05) is 14.0 Å². The lowest BCUT2D eigenvalue weighted by molar-refractivity contribution is 0.685. The number of nitrogens with zero attached hydrogens (tertiary/aromatic N) is 3. The lowest BCUT2D eigenvalue weighted by Crippen LogP contribution is -2.22. The standard InChI is InChI=1S/C11H15N5/c1-6-7(3-12)11(16(2)15-6)14-10-8-4-13-5-9(8)10/h8-10,13-14H,4-5H2,1-2H3. The number of hydrogen-bond acceptors (Lipinski definition) is 4. The van der Waals surface area contributed by atoms with Crippen LogP contribution in [-0.2, 0) is 7.05 Å². The van der Waals surface area contributed by atoms with Gasteiger partial charge in [0.25, 0.3) is 0 Å². The molecule has 2 heterocycles. The van der Waals surface area contributed by atoms with E-state index in [-0.39, 0.29) is 0 Å². The molecule has 84 valence electrons. The number of piperidine rings is 1. The monoisotopic (exact) mass is 217 g/mol. The van der Waals surface area contributed by atoms with E-state index in [1.165, 1.54) is 0 Å². The largest absolute Gasteiger partial charge is 0.366 e. The number of nitriles is 1. The molecule has 0 aromatic carbocycles. The fourth-order valence-corrected chi connectivity index (χ4v) is 2.75. The van der Waals surface area contributed by atoms with Gasteiger partial charge in [-0.05, 0) is 18.8 Å². The Bertz CT molecular complexity index is 459. The Balaban J connectivity index is 1.83. The number of aromatic nitrogens is 2. The van der Waals surface area contributed by atoms with Crippen LogP contribution < -0.4 is 10.6 Å². The van der Waals surface area contributed by atoms with Gasteiger partial charge in [0.15, 0.2) is 0 Å². The molecular formula is C11H15N5. The van der Waals surface area contributed by atoms with Crippen molar-refractivity contribution in [2.24, 2.45) is 18.9 Å². The van der Waals surface area contributed by atoms with Crippen LogP contribution in [0.1, 0.15) is 11.3 Å². The second kappa shape index (κ2) is 3.22. The summed E-state index contributed by atoms with van der Waals surface area (Å²) in [6.45, 7) is 4.07. The first kappa shape index (κ1) is 9.67. The molecule has 1 aromatic rings. The van der Waals surface area contributed by atoms with Crippen LogP contribution in [0.4, 0.5) is 5.82 Å². The molecule has 0 amide bonds. The van der Waals surface area contributed by atoms with E-state index in [0.29, 0.717) is 11.6 Å². The minimum absolute atomic E-state index is 0.531. The molecule has 1 saturated carbocycles. The van der Waals surface area contributed by atoms with Crippen molar-refractivity contribution in [3.05, 3.63) is 11.3 Å². The highest BCUT2D eigenvalue weighted by Gasteiger charge is 2.53. The van der Waals surface area contributed by atoms with Gasteiger partial charge in [0.05, 0.1) is 5.69 Å². The minimum atomic E-state index is 0.531. The minimum Gasteiger partial charge on any atom is -0.366 e. The summed E-state index contributed by atoms with van der Waals surface area (Å²) in [7, 11) is 1.88. The van der Waals surface area contributed by atoms with Crippen LogP contribution in [0, 0.1) is 30.1 Å². The van der Waals surface area contributed by atoms with E-state index in [0.717, 1.165) is 36.4 Å². The molecule has 5 nitrogen and oxygen atoms in total. The fraction of sp³-hybridized carbons (Fsp3) is 0.636. The van der Waals surface area contributed by atoms with Gasteiger partial charge in [0, 0.05) is 26.2 Å². The van der Waals surface area contributed by atoms with E-state index >= 15 is 0 Å². The lowest BCUT2D eigenvalue weighted by Gasteiger charge is -2.09. The lowest BCUT2D eigenvalue weighted by atomic mass is 10.2. The number of rotatable bonds is 2. The Morgan fingerprint density at radius 1 is 1.50 bits per heavy atom. The predicted octanol–water partition coefficient (Wildman–Crippen LogP) is 0.230. The third-order valence-electron chi connectivity index (χ3n) is 3.73. The third kappa shape index (κ3) is 1.23. The maximum absolute atomic E-state index is 9.09. The van der Waals surface area contributed by atoms with Gasteiger partial charge in [-0.2, -0.15) is 10.4 Å². The van der Waals surface area contributed by atoms with Crippen molar-refractivity contribution in [3.63, 3.8) is 0 Å². The highest BCUT2D eigenvalue weighted by molar-refractivity contribution is 5.56. The number of fused-ring (bicyclic) bond motifs is 1. The maximum atomic E-state index is 9.09. The Morgan fingerprint density at radius 3 is 2.81 bits per heavy atom. The molecule has 3 rings (SSSR count). The van der Waals surface area contributed by atoms with Crippen molar-refractivity contribution in [3.8, 4) is 6.07 Å². The molecule has 2 atom stereocenters. The summed E-state index contributed by atoms with van der Waals surface area (Å²) in [5.74, 6) is 2.35. The van der Waals surface area contributed by atoms with Gasteiger partial charge in [0.1, 0.15) is 17.5 Å². The zero-order chi connectivity index (χ0) is 11.3. The Kier molecular flexibility index (Phi) is 1.95. The normalized spacial score (nSPS) is 30.9. The summed E-state index contributed by atoms with van der Waals surface area (Å²) < 4.78 is 1.77. The van der Waals surface area contributed by atoms with E-state index in [4.69, 9.17) is 5.26 Å². The number of nitrogens with one attached hydrogen (secondary N) is 2. The summed E-state index contributed by atoms with van der Waals surface area (Å²) in [6, 6.07) is 2.75. The molecule has 1 aromatic heterocycles. The smallest absolute Gasteiger partial charge is 0.142 e. The van der Waals surface area contributed by atoms with Crippen LogP contribution in [0.25, 0.3) is 0 Å². The molecular weight excluding hydrogens is 202 g/mol. The van der Waals surface area contributed by atoms with Crippen LogP contribution in [0.5, 0.6) is 0 Å². The Labute approximate surface area is 94.4 Å². The number of aryl methyl sites for hydroxylation is 2. The second-order valence-electron chi connectivity index (χ2n) is 4.70.